The number of hydrogen-bond donors (Lipinski definition) is 6. The van der Waals surface area contributed by atoms with Gasteiger partial charge in [-0.05, 0) is 44.5 Å². The standard InChI is InChI=1S/C22H22F3N3O7/c1-28(2)14-9-4-6-3-7-8(22(23,24)25)5-10(26)15(29)12(7)16(30)11(6)18(32)21(9,35)19(33)13(17(14)31)20(27)34/h5-6,9,14,29-30,33,35H,3-4,26H2,1-2H3,(H2,27,34)/t6-,9-,14-,21-/m0/s1. The van der Waals surface area contributed by atoms with Crippen LogP contribution in [0.3, 0.4) is 0 Å². The van der Waals surface area contributed by atoms with Gasteiger partial charge in [0.25, 0.3) is 5.91 Å². The molecule has 35 heavy (non-hydrogen) atoms. The summed E-state index contributed by atoms with van der Waals surface area (Å²) in [6.45, 7) is 0. The zero-order chi connectivity index (χ0) is 26.4. The molecule has 13 heteroatoms. The van der Waals surface area contributed by atoms with E-state index in [0.29, 0.717) is 6.07 Å². The number of nitrogens with two attached hydrogens (primary N) is 2. The fourth-order valence-electron chi connectivity index (χ4n) is 5.59. The second-order valence-corrected chi connectivity index (χ2v) is 9.17. The van der Waals surface area contributed by atoms with Crippen LogP contribution in [0.2, 0.25) is 0 Å². The maximum absolute atomic E-state index is 13.8. The van der Waals surface area contributed by atoms with Crippen molar-refractivity contribution in [1.29, 1.82) is 0 Å². The molecule has 0 saturated heterocycles. The molecule has 1 aromatic rings. The quantitative estimate of drug-likeness (QED) is 0.193. The van der Waals surface area contributed by atoms with E-state index < -0.39 is 104 Å². The van der Waals surface area contributed by atoms with Crippen molar-refractivity contribution in [3.63, 3.8) is 0 Å². The van der Waals surface area contributed by atoms with Crippen LogP contribution in [0.25, 0.3) is 5.76 Å². The third-order valence-corrected chi connectivity index (χ3v) is 7.06. The van der Waals surface area contributed by atoms with Gasteiger partial charge in [0, 0.05) is 11.5 Å². The summed E-state index contributed by atoms with van der Waals surface area (Å²) in [6, 6.07) is -0.817. The first-order chi connectivity index (χ1) is 16.0. The predicted octanol–water partition coefficient (Wildman–Crippen LogP) is 0.565. The third kappa shape index (κ3) is 3.14. The number of Topliss-reactive ketones (excluding diaryl/α,β-unsaturated/α-hetero) is 2. The summed E-state index contributed by atoms with van der Waals surface area (Å²) in [5.41, 5.74) is 3.17. The molecule has 1 fully saturated rings. The Bertz CT molecular complexity index is 1270. The Morgan fingerprint density at radius 1 is 1.20 bits per heavy atom. The van der Waals surface area contributed by atoms with E-state index in [0.717, 1.165) is 0 Å². The zero-order valence-corrected chi connectivity index (χ0v) is 18.5. The number of alkyl halides is 3. The number of likely N-dealkylation sites (N-methyl/N-ethyl adjacent to an activating group) is 1. The number of fused-ring (bicyclic) bond motifs is 3. The fourth-order valence-corrected chi connectivity index (χ4v) is 5.59. The molecule has 10 nitrogen and oxygen atoms in total. The number of aromatic hydroxyl groups is 1. The lowest BCUT2D eigenvalue weighted by Gasteiger charge is -2.50. The highest BCUT2D eigenvalue weighted by molar-refractivity contribution is 6.24. The maximum Gasteiger partial charge on any atom is 0.416 e. The monoisotopic (exact) mass is 497 g/mol. The first kappa shape index (κ1) is 24.5. The summed E-state index contributed by atoms with van der Waals surface area (Å²) < 4.78 is 41.3. The number of nitrogen functional groups attached to an aromatic ring is 1. The minimum atomic E-state index is -4.91. The molecule has 1 saturated carbocycles. The van der Waals surface area contributed by atoms with Crippen molar-refractivity contribution in [2.75, 3.05) is 19.8 Å². The summed E-state index contributed by atoms with van der Waals surface area (Å²) in [4.78, 5) is 39.8. The van der Waals surface area contributed by atoms with E-state index in [1.165, 1.54) is 19.0 Å². The molecule has 1 amide bonds. The highest BCUT2D eigenvalue weighted by Gasteiger charge is 2.64. The van der Waals surface area contributed by atoms with Gasteiger partial charge in [-0.2, -0.15) is 13.2 Å². The van der Waals surface area contributed by atoms with Crippen LogP contribution in [0, 0.1) is 11.8 Å². The molecule has 188 valence electrons. The van der Waals surface area contributed by atoms with Gasteiger partial charge in [-0.1, -0.05) is 0 Å². The smallest absolute Gasteiger partial charge is 0.416 e. The number of aliphatic hydroxyl groups excluding tert-OH is 2. The summed E-state index contributed by atoms with van der Waals surface area (Å²) in [5.74, 6) is -9.42. The molecule has 0 heterocycles. The molecule has 4 rings (SSSR count). The minimum absolute atomic E-state index is 0.325. The van der Waals surface area contributed by atoms with E-state index in [4.69, 9.17) is 11.5 Å². The number of aliphatic hydroxyl groups is 3. The number of anilines is 1. The molecule has 1 aromatic carbocycles. The Morgan fingerprint density at radius 3 is 2.31 bits per heavy atom. The number of primary amides is 1. The van der Waals surface area contributed by atoms with Crippen LogP contribution in [-0.4, -0.2) is 68.5 Å². The summed E-state index contributed by atoms with van der Waals surface area (Å²) >= 11 is 0. The number of nitrogens with zero attached hydrogens (tertiary/aromatic N) is 1. The molecule has 3 aliphatic rings. The number of carbonyl (C=O) groups excluding carboxylic acids is 3. The van der Waals surface area contributed by atoms with E-state index in [1.807, 2.05) is 0 Å². The van der Waals surface area contributed by atoms with Crippen LogP contribution in [0.4, 0.5) is 18.9 Å². The van der Waals surface area contributed by atoms with Crippen LogP contribution in [0.1, 0.15) is 23.1 Å². The molecular formula is C22H22F3N3O7. The summed E-state index contributed by atoms with van der Waals surface area (Å²) in [6.07, 6.45) is -5.72. The minimum Gasteiger partial charge on any atom is -0.508 e. The lowest BCUT2D eigenvalue weighted by atomic mass is 9.57. The van der Waals surface area contributed by atoms with Crippen LogP contribution < -0.4 is 11.5 Å². The second kappa shape index (κ2) is 7.46. The average molecular weight is 497 g/mol. The molecule has 0 aromatic heterocycles. The summed E-state index contributed by atoms with van der Waals surface area (Å²) in [5, 5.41) is 43.4. The molecule has 0 aliphatic heterocycles. The van der Waals surface area contributed by atoms with Gasteiger partial charge >= 0.3 is 6.18 Å². The topological polar surface area (TPSA) is 187 Å². The zero-order valence-electron chi connectivity index (χ0n) is 18.5. The van der Waals surface area contributed by atoms with Crippen molar-refractivity contribution in [3.8, 4) is 5.75 Å². The number of hydrogen-bond acceptors (Lipinski definition) is 9. The lowest BCUT2D eigenvalue weighted by molar-refractivity contribution is -0.153. The van der Waals surface area contributed by atoms with Crippen molar-refractivity contribution in [1.82, 2.24) is 4.90 Å². The Morgan fingerprint density at radius 2 is 1.80 bits per heavy atom. The van der Waals surface area contributed by atoms with Gasteiger partial charge in [-0.25, -0.2) is 0 Å². The highest BCUT2D eigenvalue weighted by Crippen LogP contribution is 2.54. The molecular weight excluding hydrogens is 475 g/mol. The van der Waals surface area contributed by atoms with E-state index in [2.05, 4.69) is 0 Å². The Balaban J connectivity index is 2.02. The SMILES string of the molecule is CN(C)[C@@H]1C(=O)C(C(N)=O)=C(O)[C@@]2(O)C(=O)C3=C(O)c4c(O)c(N)cc(C(F)(F)F)c4C[C@H]3C[C@@H]12. The van der Waals surface area contributed by atoms with Gasteiger partial charge in [0.2, 0.25) is 5.78 Å². The van der Waals surface area contributed by atoms with Crippen LogP contribution in [-0.2, 0) is 27.0 Å². The van der Waals surface area contributed by atoms with E-state index in [9.17, 15) is 48.0 Å². The molecule has 0 unspecified atom stereocenters. The molecule has 0 radical (unpaired) electrons. The highest BCUT2D eigenvalue weighted by atomic mass is 19.4. The molecule has 8 N–H and O–H groups in total. The Hall–Kier alpha value is -3.58. The molecule has 3 aliphatic carbocycles. The number of phenols is 1. The lowest BCUT2D eigenvalue weighted by Crippen LogP contribution is -2.65. The first-order valence-corrected chi connectivity index (χ1v) is 10.4. The number of benzene rings is 1. The number of halogens is 3. The first-order valence-electron chi connectivity index (χ1n) is 10.4. The van der Waals surface area contributed by atoms with Crippen LogP contribution in [0.5, 0.6) is 5.75 Å². The van der Waals surface area contributed by atoms with Crippen molar-refractivity contribution < 1.29 is 48.0 Å². The Labute approximate surface area is 195 Å². The third-order valence-electron chi connectivity index (χ3n) is 7.06. The number of carbonyl (C=O) groups is 3. The molecule has 4 atom stereocenters. The average Bonchev–Trinajstić information content (AvgIpc) is 2.71. The second-order valence-electron chi connectivity index (χ2n) is 9.17. The Kier molecular flexibility index (Phi) is 5.23. The normalized spacial score (nSPS) is 28.7. The number of amides is 1. The number of phenolic OH excluding ortho intramolecular Hbond substituents is 1. The van der Waals surface area contributed by atoms with Gasteiger partial charge in [0.05, 0.1) is 22.9 Å². The fraction of sp³-hybridized carbons (Fsp3) is 0.409. The summed E-state index contributed by atoms with van der Waals surface area (Å²) in [7, 11) is 2.83. The molecule has 0 bridgehead atoms. The predicted molar refractivity (Wildman–Crippen MR) is 114 cm³/mol. The van der Waals surface area contributed by atoms with Gasteiger partial charge in [0.1, 0.15) is 22.8 Å². The number of ketones is 2. The van der Waals surface area contributed by atoms with E-state index in [1.54, 1.807) is 0 Å². The molecule has 0 spiro atoms. The van der Waals surface area contributed by atoms with Crippen molar-refractivity contribution in [2.24, 2.45) is 17.6 Å². The maximum atomic E-state index is 13.8. The largest absolute Gasteiger partial charge is 0.508 e. The van der Waals surface area contributed by atoms with E-state index >= 15 is 0 Å². The van der Waals surface area contributed by atoms with Crippen LogP contribution in [0.15, 0.2) is 23.0 Å². The van der Waals surface area contributed by atoms with Gasteiger partial charge in [-0.3, -0.25) is 19.3 Å². The van der Waals surface area contributed by atoms with E-state index in [-0.39, 0.29) is 6.42 Å². The van der Waals surface area contributed by atoms with Crippen molar-refractivity contribution in [2.45, 2.75) is 30.7 Å². The van der Waals surface area contributed by atoms with Gasteiger partial charge in [0.15, 0.2) is 11.4 Å². The van der Waals surface area contributed by atoms with Crippen molar-refractivity contribution in [3.05, 3.63) is 39.7 Å². The van der Waals surface area contributed by atoms with Gasteiger partial charge in [-0.15, -0.1) is 0 Å². The van der Waals surface area contributed by atoms with Gasteiger partial charge < -0.3 is 31.9 Å². The number of rotatable bonds is 2. The van der Waals surface area contributed by atoms with Crippen molar-refractivity contribution >= 4 is 28.9 Å². The van der Waals surface area contributed by atoms with Crippen LogP contribution >= 0.6 is 0 Å².